The van der Waals surface area contributed by atoms with Crippen LogP contribution in [0.3, 0.4) is 0 Å². The molecule has 0 aliphatic carbocycles. The highest BCUT2D eigenvalue weighted by atomic mass is 32.2. The Morgan fingerprint density at radius 3 is 2.68 bits per heavy atom. The molecule has 112 valence electrons. The second kappa shape index (κ2) is 7.81. The van der Waals surface area contributed by atoms with Gasteiger partial charge in [-0.05, 0) is 39.7 Å². The molecule has 1 aliphatic heterocycles. The second-order valence-corrected chi connectivity index (χ2v) is 7.22. The van der Waals surface area contributed by atoms with Crippen molar-refractivity contribution in [2.24, 2.45) is 0 Å². The van der Waals surface area contributed by atoms with Gasteiger partial charge in [-0.25, -0.2) is 13.1 Å². The molecule has 7 heteroatoms. The number of rotatable bonds is 7. The molecule has 0 spiro atoms. The predicted octanol–water partition coefficient (Wildman–Crippen LogP) is -0.0374. The van der Waals surface area contributed by atoms with Gasteiger partial charge in [0.15, 0.2) is 0 Å². The minimum Gasteiger partial charge on any atom is -0.353 e. The molecule has 19 heavy (non-hydrogen) atoms. The number of nitrogens with one attached hydrogen (secondary N) is 3. The molecule has 0 aromatic heterocycles. The molecule has 1 saturated heterocycles. The van der Waals surface area contributed by atoms with E-state index in [0.29, 0.717) is 6.42 Å². The predicted molar refractivity (Wildman–Crippen MR) is 75.3 cm³/mol. The van der Waals surface area contributed by atoms with Gasteiger partial charge in [0.25, 0.3) is 0 Å². The van der Waals surface area contributed by atoms with Crippen molar-refractivity contribution in [2.75, 3.05) is 18.8 Å². The van der Waals surface area contributed by atoms with E-state index in [9.17, 15) is 13.2 Å². The van der Waals surface area contributed by atoms with Gasteiger partial charge in [0, 0.05) is 12.1 Å². The van der Waals surface area contributed by atoms with E-state index in [1.165, 1.54) is 0 Å². The Kier molecular flexibility index (Phi) is 6.74. The molecule has 1 aliphatic rings. The summed E-state index contributed by atoms with van der Waals surface area (Å²) >= 11 is 0. The van der Waals surface area contributed by atoms with Crippen LogP contribution in [-0.4, -0.2) is 45.3 Å². The number of amides is 1. The highest BCUT2D eigenvalue weighted by Crippen LogP contribution is 2.10. The molecule has 6 nitrogen and oxygen atoms in total. The van der Waals surface area contributed by atoms with Crippen molar-refractivity contribution in [3.05, 3.63) is 0 Å². The smallest absolute Gasteiger partial charge is 0.235 e. The van der Waals surface area contributed by atoms with Crippen LogP contribution in [0, 0.1) is 0 Å². The fourth-order valence-corrected chi connectivity index (χ4v) is 3.18. The average molecular weight is 291 g/mol. The van der Waals surface area contributed by atoms with Crippen LogP contribution in [0.5, 0.6) is 0 Å². The molecule has 0 bridgehead atoms. The number of carbonyl (C=O) groups is 1. The lowest BCUT2D eigenvalue weighted by atomic mass is 10.0. The summed E-state index contributed by atoms with van der Waals surface area (Å²) in [6.07, 6.45) is 3.95. The monoisotopic (exact) mass is 291 g/mol. The lowest BCUT2D eigenvalue weighted by molar-refractivity contribution is -0.120. The van der Waals surface area contributed by atoms with E-state index in [4.69, 9.17) is 0 Å². The first-order valence-electron chi connectivity index (χ1n) is 6.89. The van der Waals surface area contributed by atoms with E-state index in [2.05, 4.69) is 15.4 Å². The van der Waals surface area contributed by atoms with Crippen LogP contribution in [0.25, 0.3) is 0 Å². The molecule has 0 radical (unpaired) electrons. The Balaban J connectivity index is 2.25. The number of hydrogen-bond donors (Lipinski definition) is 3. The molecule has 1 amide bonds. The van der Waals surface area contributed by atoms with Crippen LogP contribution in [0.4, 0.5) is 0 Å². The van der Waals surface area contributed by atoms with Crippen LogP contribution in [-0.2, 0) is 14.8 Å². The molecule has 1 atom stereocenters. The zero-order valence-electron chi connectivity index (χ0n) is 11.7. The summed E-state index contributed by atoms with van der Waals surface area (Å²) in [5.41, 5.74) is 0. The van der Waals surface area contributed by atoms with Gasteiger partial charge in [-0.1, -0.05) is 6.42 Å². The first kappa shape index (κ1) is 16.4. The van der Waals surface area contributed by atoms with Crippen LogP contribution in [0.2, 0.25) is 0 Å². The first-order chi connectivity index (χ1) is 8.89. The van der Waals surface area contributed by atoms with Gasteiger partial charge < -0.3 is 10.6 Å². The van der Waals surface area contributed by atoms with Crippen molar-refractivity contribution in [3.8, 4) is 0 Å². The Morgan fingerprint density at radius 1 is 1.37 bits per heavy atom. The zero-order chi connectivity index (χ0) is 14.3. The van der Waals surface area contributed by atoms with Gasteiger partial charge in [-0.15, -0.1) is 0 Å². The molecule has 0 aromatic carbocycles. The summed E-state index contributed by atoms with van der Waals surface area (Å²) in [7, 11) is -3.36. The molecular weight excluding hydrogens is 266 g/mol. The molecule has 1 rings (SSSR count). The van der Waals surface area contributed by atoms with Gasteiger partial charge >= 0.3 is 0 Å². The fraction of sp³-hybridized carbons (Fsp3) is 0.917. The maximum absolute atomic E-state index is 11.7. The molecule has 1 unspecified atom stereocenters. The van der Waals surface area contributed by atoms with E-state index in [1.54, 1.807) is 0 Å². The largest absolute Gasteiger partial charge is 0.353 e. The van der Waals surface area contributed by atoms with E-state index >= 15 is 0 Å². The van der Waals surface area contributed by atoms with E-state index in [-0.39, 0.29) is 30.3 Å². The van der Waals surface area contributed by atoms with Crippen molar-refractivity contribution in [1.82, 2.24) is 15.4 Å². The highest BCUT2D eigenvalue weighted by Gasteiger charge is 2.18. The zero-order valence-corrected chi connectivity index (χ0v) is 12.6. The van der Waals surface area contributed by atoms with E-state index < -0.39 is 10.0 Å². The van der Waals surface area contributed by atoms with Gasteiger partial charge in [0.05, 0.1) is 12.3 Å². The molecule has 1 fully saturated rings. The van der Waals surface area contributed by atoms with E-state index in [1.807, 2.05) is 13.8 Å². The number of sulfonamides is 1. The average Bonchev–Trinajstić information content (AvgIpc) is 2.35. The Labute approximate surface area is 115 Å². The molecule has 0 saturated carbocycles. The van der Waals surface area contributed by atoms with Crippen molar-refractivity contribution >= 4 is 15.9 Å². The van der Waals surface area contributed by atoms with Crippen LogP contribution >= 0.6 is 0 Å². The lowest BCUT2D eigenvalue weighted by Gasteiger charge is -2.23. The van der Waals surface area contributed by atoms with Gasteiger partial charge in [0.2, 0.25) is 15.9 Å². The van der Waals surface area contributed by atoms with Crippen LogP contribution < -0.4 is 15.4 Å². The van der Waals surface area contributed by atoms with Crippen molar-refractivity contribution < 1.29 is 13.2 Å². The minimum absolute atomic E-state index is 0.0171. The Morgan fingerprint density at radius 2 is 2.11 bits per heavy atom. The van der Waals surface area contributed by atoms with E-state index in [0.717, 1.165) is 25.8 Å². The Hall–Kier alpha value is -0.660. The maximum atomic E-state index is 11.7. The fourth-order valence-electron chi connectivity index (χ4n) is 2.09. The highest BCUT2D eigenvalue weighted by molar-refractivity contribution is 7.89. The quantitative estimate of drug-likeness (QED) is 0.614. The Bertz CT molecular complexity index is 376. The summed E-state index contributed by atoms with van der Waals surface area (Å²) in [5.74, 6) is -0.228. The van der Waals surface area contributed by atoms with Crippen LogP contribution in [0.1, 0.15) is 39.5 Å². The third-order valence-electron chi connectivity index (χ3n) is 3.05. The number of hydrogen-bond acceptors (Lipinski definition) is 4. The van der Waals surface area contributed by atoms with Crippen molar-refractivity contribution in [1.29, 1.82) is 0 Å². The second-order valence-electron chi connectivity index (χ2n) is 5.30. The lowest BCUT2D eigenvalue weighted by Crippen LogP contribution is -2.41. The summed E-state index contributed by atoms with van der Waals surface area (Å²) in [6.45, 7) is 4.45. The summed E-state index contributed by atoms with van der Waals surface area (Å²) in [4.78, 5) is 11.4. The van der Waals surface area contributed by atoms with Crippen LogP contribution in [0.15, 0.2) is 0 Å². The van der Waals surface area contributed by atoms with Crippen molar-refractivity contribution in [2.45, 2.75) is 51.6 Å². The molecular formula is C12H25N3O3S. The van der Waals surface area contributed by atoms with Gasteiger partial charge in [-0.3, -0.25) is 4.79 Å². The van der Waals surface area contributed by atoms with Gasteiger partial charge in [-0.2, -0.15) is 0 Å². The first-order valence-corrected chi connectivity index (χ1v) is 8.54. The third kappa shape index (κ3) is 7.49. The SMILES string of the molecule is CC(C)NC(=O)CNS(=O)(=O)CCC1CCCCN1. The minimum atomic E-state index is -3.36. The maximum Gasteiger partial charge on any atom is 0.235 e. The summed E-state index contributed by atoms with van der Waals surface area (Å²) in [6, 6.07) is 0.304. The summed E-state index contributed by atoms with van der Waals surface area (Å²) < 4.78 is 25.8. The van der Waals surface area contributed by atoms with Gasteiger partial charge in [0.1, 0.15) is 0 Å². The topological polar surface area (TPSA) is 87.3 Å². The molecule has 0 aromatic rings. The number of piperidine rings is 1. The molecule has 3 N–H and O–H groups in total. The standard InChI is InChI=1S/C12H25N3O3S/c1-10(2)15-12(16)9-14-19(17,18)8-6-11-5-3-4-7-13-11/h10-11,13-14H,3-9H2,1-2H3,(H,15,16). The third-order valence-corrected chi connectivity index (χ3v) is 4.41. The normalized spacial score (nSPS) is 20.5. The molecule has 1 heterocycles. The number of carbonyl (C=O) groups excluding carboxylic acids is 1. The summed E-state index contributed by atoms with van der Waals surface area (Å²) in [5, 5.41) is 5.95. The van der Waals surface area contributed by atoms with Crippen molar-refractivity contribution in [3.63, 3.8) is 0 Å².